The van der Waals surface area contributed by atoms with E-state index >= 15 is 0 Å². The van der Waals surface area contributed by atoms with Crippen molar-refractivity contribution in [1.29, 1.82) is 0 Å². The summed E-state index contributed by atoms with van der Waals surface area (Å²) in [6.07, 6.45) is -1.19. The van der Waals surface area contributed by atoms with E-state index in [-0.39, 0.29) is 11.3 Å². The fourth-order valence-corrected chi connectivity index (χ4v) is 4.96. The van der Waals surface area contributed by atoms with Gasteiger partial charge >= 0.3 is 11.9 Å². The lowest BCUT2D eigenvalue weighted by atomic mass is 10.0. The third kappa shape index (κ3) is 3.35. The van der Waals surface area contributed by atoms with Crippen molar-refractivity contribution in [2.24, 2.45) is 0 Å². The lowest BCUT2D eigenvalue weighted by molar-refractivity contribution is -0.167. The first-order chi connectivity index (χ1) is 11.8. The van der Waals surface area contributed by atoms with Crippen LogP contribution in [-0.4, -0.2) is 67.2 Å². The van der Waals surface area contributed by atoms with Crippen LogP contribution in [0.25, 0.3) is 0 Å². The Kier molecular flexibility index (Phi) is 5.22. The van der Waals surface area contributed by atoms with E-state index in [2.05, 4.69) is 0 Å². The topological polar surface area (TPSA) is 116 Å². The minimum atomic E-state index is -3.88. The molecule has 0 aromatic heterocycles. The van der Waals surface area contributed by atoms with E-state index in [9.17, 15) is 22.8 Å². The third-order valence-electron chi connectivity index (χ3n) is 4.14. The Bertz CT molecular complexity index is 777. The zero-order chi connectivity index (χ0) is 20.0. The predicted octanol–water partition coefficient (Wildman–Crippen LogP) is 0.146. The van der Waals surface area contributed by atoms with Crippen LogP contribution in [0.5, 0.6) is 0 Å². The number of nitrogens with zero attached hydrogens (tertiary/aromatic N) is 1. The van der Waals surface area contributed by atoms with Crippen LogP contribution in [0.2, 0.25) is 0 Å². The summed E-state index contributed by atoms with van der Waals surface area (Å²) in [6.45, 7) is 7.05. The molecule has 0 spiro atoms. The lowest BCUT2D eigenvalue weighted by Gasteiger charge is -2.50. The molecule has 26 heavy (non-hydrogen) atoms. The Balaban J connectivity index is 2.59. The number of methoxy groups -OCH3 is 1. The highest BCUT2D eigenvalue weighted by molar-refractivity contribution is 7.93. The maximum atomic E-state index is 12.8. The van der Waals surface area contributed by atoms with Gasteiger partial charge in [0.25, 0.3) is 5.91 Å². The van der Waals surface area contributed by atoms with Gasteiger partial charge in [0.05, 0.1) is 5.25 Å². The molecule has 0 radical (unpaired) electrons. The Hall–Kier alpha value is -1.94. The summed E-state index contributed by atoms with van der Waals surface area (Å²) in [6, 6.07) is 0. The van der Waals surface area contributed by atoms with Crippen LogP contribution in [0.1, 0.15) is 34.6 Å². The summed E-state index contributed by atoms with van der Waals surface area (Å²) in [5.41, 5.74) is -1.05. The molecule has 0 saturated carbocycles. The van der Waals surface area contributed by atoms with Crippen molar-refractivity contribution in [3.63, 3.8) is 0 Å². The van der Waals surface area contributed by atoms with E-state index < -0.39 is 56.6 Å². The van der Waals surface area contributed by atoms with Crippen molar-refractivity contribution in [3.05, 3.63) is 11.3 Å². The average molecular weight is 389 g/mol. The number of rotatable bonds is 4. The Morgan fingerprint density at radius 2 is 1.81 bits per heavy atom. The van der Waals surface area contributed by atoms with E-state index in [4.69, 9.17) is 14.2 Å². The number of amides is 1. The van der Waals surface area contributed by atoms with Crippen LogP contribution in [0, 0.1) is 0 Å². The fourth-order valence-electron chi connectivity index (χ4n) is 2.89. The maximum Gasteiger partial charge on any atom is 0.355 e. The van der Waals surface area contributed by atoms with Crippen molar-refractivity contribution < 1.29 is 37.0 Å². The molecule has 0 aromatic rings. The highest BCUT2D eigenvalue weighted by Gasteiger charge is 2.63. The number of hydrogen-bond acceptors (Lipinski definition) is 8. The molecule has 0 bridgehead atoms. The summed E-state index contributed by atoms with van der Waals surface area (Å²) in [7, 11) is -2.65. The number of carbonyl (C=O) groups is 3. The van der Waals surface area contributed by atoms with Crippen LogP contribution in [0.3, 0.4) is 0 Å². The molecule has 0 N–H and O–H groups in total. The number of esters is 2. The smallest absolute Gasteiger partial charge is 0.355 e. The largest absolute Gasteiger partial charge is 0.461 e. The van der Waals surface area contributed by atoms with Gasteiger partial charge in [-0.3, -0.25) is 14.5 Å². The van der Waals surface area contributed by atoms with Crippen molar-refractivity contribution >= 4 is 27.7 Å². The third-order valence-corrected chi connectivity index (χ3v) is 6.54. The van der Waals surface area contributed by atoms with Gasteiger partial charge in [-0.1, -0.05) is 0 Å². The molecular formula is C16H23NO8S. The fraction of sp³-hybridized carbons (Fsp3) is 0.688. The second-order valence-corrected chi connectivity index (χ2v) is 9.51. The Labute approximate surface area is 152 Å². The zero-order valence-corrected chi connectivity index (χ0v) is 16.4. The molecule has 1 fully saturated rings. The van der Waals surface area contributed by atoms with Gasteiger partial charge in [0.1, 0.15) is 17.9 Å². The Morgan fingerprint density at radius 3 is 2.27 bits per heavy atom. The number of β-lactam (4-membered cyclic amide) rings is 1. The molecule has 9 nitrogen and oxygen atoms in total. The first kappa shape index (κ1) is 20.4. The summed E-state index contributed by atoms with van der Waals surface area (Å²) in [5, 5.41) is -2.45. The van der Waals surface area contributed by atoms with E-state index in [0.717, 1.165) is 11.8 Å². The van der Waals surface area contributed by atoms with Gasteiger partial charge in [0.2, 0.25) is 0 Å². The highest BCUT2D eigenvalue weighted by atomic mass is 32.2. The first-order valence-electron chi connectivity index (χ1n) is 8.01. The first-order valence-corrected chi connectivity index (χ1v) is 9.62. The predicted molar refractivity (Wildman–Crippen MR) is 89.3 cm³/mol. The molecule has 2 aliphatic rings. The molecule has 146 valence electrons. The molecule has 2 heterocycles. The molecule has 3 atom stereocenters. The van der Waals surface area contributed by atoms with Gasteiger partial charge in [-0.05, 0) is 27.7 Å². The second kappa shape index (κ2) is 6.66. The van der Waals surface area contributed by atoms with Crippen LogP contribution in [0.15, 0.2) is 11.3 Å². The highest BCUT2D eigenvalue weighted by Crippen LogP contribution is 2.41. The standard InChI is InChI=1S/C16H23NO8S/c1-8-10(7-24-9(2)18)11(15(20)25-16(3,4)5)17-13(19)12(23-6)14(17)26(8,21)22/h8,12,14H,7H2,1-6H3/t8-,12+,14?/m0/s1. The summed E-state index contributed by atoms with van der Waals surface area (Å²) < 4.78 is 40.8. The summed E-state index contributed by atoms with van der Waals surface area (Å²) in [5.74, 6) is -2.15. The van der Waals surface area contributed by atoms with E-state index in [0.29, 0.717) is 0 Å². The van der Waals surface area contributed by atoms with Gasteiger partial charge in [-0.15, -0.1) is 0 Å². The average Bonchev–Trinajstić information content (AvgIpc) is 2.47. The molecule has 1 saturated heterocycles. The molecule has 0 aromatic carbocycles. The van der Waals surface area contributed by atoms with Gasteiger partial charge in [-0.2, -0.15) is 0 Å². The van der Waals surface area contributed by atoms with E-state index in [1.54, 1.807) is 20.8 Å². The lowest BCUT2D eigenvalue weighted by Crippen LogP contribution is -2.72. The van der Waals surface area contributed by atoms with Crippen LogP contribution >= 0.6 is 0 Å². The van der Waals surface area contributed by atoms with Crippen LogP contribution in [0.4, 0.5) is 0 Å². The van der Waals surface area contributed by atoms with Crippen molar-refractivity contribution in [1.82, 2.24) is 4.90 Å². The quantitative estimate of drug-likeness (QED) is 0.493. The molecule has 2 aliphatic heterocycles. The minimum absolute atomic E-state index is 0.00797. The number of fused-ring (bicyclic) bond motifs is 1. The summed E-state index contributed by atoms with van der Waals surface area (Å²) >= 11 is 0. The van der Waals surface area contributed by atoms with Gasteiger partial charge < -0.3 is 14.2 Å². The molecular weight excluding hydrogens is 366 g/mol. The van der Waals surface area contributed by atoms with Crippen molar-refractivity contribution in [2.75, 3.05) is 13.7 Å². The second-order valence-electron chi connectivity index (χ2n) is 7.14. The summed E-state index contributed by atoms with van der Waals surface area (Å²) in [4.78, 5) is 37.1. The minimum Gasteiger partial charge on any atom is -0.461 e. The van der Waals surface area contributed by atoms with E-state index in [1.807, 2.05) is 0 Å². The van der Waals surface area contributed by atoms with Crippen molar-refractivity contribution in [3.8, 4) is 0 Å². The monoisotopic (exact) mass is 389 g/mol. The number of sulfone groups is 1. The maximum absolute atomic E-state index is 12.8. The number of hydrogen-bond donors (Lipinski definition) is 0. The van der Waals surface area contributed by atoms with Crippen LogP contribution < -0.4 is 0 Å². The van der Waals surface area contributed by atoms with E-state index in [1.165, 1.54) is 14.0 Å². The Morgan fingerprint density at radius 1 is 1.23 bits per heavy atom. The van der Waals surface area contributed by atoms with Gasteiger partial charge in [0, 0.05) is 19.6 Å². The zero-order valence-electron chi connectivity index (χ0n) is 15.6. The van der Waals surface area contributed by atoms with Gasteiger partial charge in [0.15, 0.2) is 21.3 Å². The normalized spacial score (nSPS) is 27.5. The number of carbonyl (C=O) groups excluding carboxylic acids is 3. The van der Waals surface area contributed by atoms with Crippen molar-refractivity contribution in [2.45, 2.75) is 56.9 Å². The molecule has 10 heteroatoms. The number of ether oxygens (including phenoxy) is 3. The molecule has 1 unspecified atom stereocenters. The van der Waals surface area contributed by atoms with Crippen LogP contribution in [-0.2, 0) is 38.4 Å². The molecule has 0 aliphatic carbocycles. The molecule has 1 amide bonds. The van der Waals surface area contributed by atoms with Gasteiger partial charge in [-0.25, -0.2) is 13.2 Å². The molecule has 2 rings (SSSR count). The SMILES string of the molecule is CO[C@@H]1C(=O)N2C(C(=O)OC(C)(C)C)=C(COC(C)=O)[C@H](C)S(=O)(=O)C12.